The Balaban J connectivity index is 1.92. The number of carbonyl (C=O) groups excluding carboxylic acids is 1. The van der Waals surface area contributed by atoms with Crippen molar-refractivity contribution < 1.29 is 19.0 Å². The van der Waals surface area contributed by atoms with Crippen LogP contribution in [0, 0.1) is 5.92 Å². The molecule has 7 nitrogen and oxygen atoms in total. The normalized spacial score (nSPS) is 16.0. The van der Waals surface area contributed by atoms with Gasteiger partial charge in [-0.05, 0) is 39.5 Å². The molecule has 1 aromatic heterocycles. The topological polar surface area (TPSA) is 73.8 Å². The van der Waals surface area contributed by atoms with Gasteiger partial charge in [0.2, 0.25) is 5.88 Å². The molecule has 1 aliphatic heterocycles. The van der Waals surface area contributed by atoms with Gasteiger partial charge in [-0.1, -0.05) is 0 Å². The molecule has 0 amide bonds. The molecule has 24 heavy (non-hydrogen) atoms. The van der Waals surface area contributed by atoms with Crippen molar-refractivity contribution in [2.45, 2.75) is 45.6 Å². The molecule has 2 rings (SSSR count). The Labute approximate surface area is 143 Å². The molecular formula is C17H27N3O4. The molecule has 0 aromatic carbocycles. The molecule has 0 unspecified atom stereocenters. The summed E-state index contributed by atoms with van der Waals surface area (Å²) in [7, 11) is 3.10. The highest BCUT2D eigenvalue weighted by Crippen LogP contribution is 2.27. The average Bonchev–Trinajstić information content (AvgIpc) is 2.53. The van der Waals surface area contributed by atoms with Gasteiger partial charge in [0.25, 0.3) is 0 Å². The van der Waals surface area contributed by atoms with Gasteiger partial charge in [0.15, 0.2) is 0 Å². The Morgan fingerprint density at radius 2 is 1.88 bits per heavy atom. The van der Waals surface area contributed by atoms with E-state index in [-0.39, 0.29) is 5.97 Å². The molecule has 1 fully saturated rings. The fourth-order valence-electron chi connectivity index (χ4n) is 2.74. The summed E-state index contributed by atoms with van der Waals surface area (Å²) in [5, 5.41) is 0. The van der Waals surface area contributed by atoms with E-state index in [0.29, 0.717) is 24.2 Å². The molecule has 2 heterocycles. The van der Waals surface area contributed by atoms with E-state index in [0.717, 1.165) is 31.7 Å². The molecule has 0 radical (unpaired) electrons. The minimum atomic E-state index is -0.425. The number of methoxy groups -OCH3 is 2. The Kier molecular flexibility index (Phi) is 5.85. The van der Waals surface area contributed by atoms with Crippen LogP contribution in [-0.4, -0.2) is 48.8 Å². The maximum absolute atomic E-state index is 12.0. The fraction of sp³-hybridized carbons (Fsp3) is 0.706. The average molecular weight is 337 g/mol. The van der Waals surface area contributed by atoms with Crippen LogP contribution >= 0.6 is 0 Å². The standard InChI is InChI=1S/C17H27N3O4/c1-17(2,3)24-15(21)10-12-6-8-20(9-7-12)13-11-14(22-4)19-16(18-13)23-5/h11-12H,6-10H2,1-5H3. The Morgan fingerprint density at radius 1 is 1.21 bits per heavy atom. The Morgan fingerprint density at radius 3 is 2.42 bits per heavy atom. The van der Waals surface area contributed by atoms with Gasteiger partial charge in [0, 0.05) is 25.6 Å². The molecule has 0 N–H and O–H groups in total. The van der Waals surface area contributed by atoms with Crippen molar-refractivity contribution in [3.05, 3.63) is 6.07 Å². The number of anilines is 1. The van der Waals surface area contributed by atoms with E-state index in [1.165, 1.54) is 7.11 Å². The third-order valence-corrected chi connectivity index (χ3v) is 3.87. The zero-order valence-electron chi connectivity index (χ0n) is 15.2. The van der Waals surface area contributed by atoms with Gasteiger partial charge < -0.3 is 19.1 Å². The summed E-state index contributed by atoms with van der Waals surface area (Å²) < 4.78 is 15.7. The molecule has 134 valence electrons. The fourth-order valence-corrected chi connectivity index (χ4v) is 2.74. The lowest BCUT2D eigenvalue weighted by molar-refractivity contribution is -0.156. The van der Waals surface area contributed by atoms with Crippen molar-refractivity contribution in [3.8, 4) is 11.9 Å². The highest BCUT2D eigenvalue weighted by molar-refractivity contribution is 5.70. The summed E-state index contributed by atoms with van der Waals surface area (Å²) >= 11 is 0. The van der Waals surface area contributed by atoms with Crippen LogP contribution in [-0.2, 0) is 9.53 Å². The summed E-state index contributed by atoms with van der Waals surface area (Å²) in [6.07, 6.45) is 2.32. The van der Waals surface area contributed by atoms with Gasteiger partial charge in [-0.3, -0.25) is 4.79 Å². The summed E-state index contributed by atoms with van der Waals surface area (Å²) in [6, 6.07) is 2.09. The SMILES string of the molecule is COc1cc(N2CCC(CC(=O)OC(C)(C)C)CC2)nc(OC)n1. The predicted octanol–water partition coefficient (Wildman–Crippen LogP) is 2.44. The maximum Gasteiger partial charge on any atom is 0.321 e. The van der Waals surface area contributed by atoms with Crippen molar-refractivity contribution in [1.82, 2.24) is 9.97 Å². The summed E-state index contributed by atoms with van der Waals surface area (Å²) in [6.45, 7) is 7.34. The minimum Gasteiger partial charge on any atom is -0.481 e. The summed E-state index contributed by atoms with van der Waals surface area (Å²) in [5.74, 6) is 1.50. The van der Waals surface area contributed by atoms with Gasteiger partial charge in [-0.25, -0.2) is 0 Å². The Hall–Kier alpha value is -2.05. The first-order valence-electron chi connectivity index (χ1n) is 8.24. The smallest absolute Gasteiger partial charge is 0.321 e. The monoisotopic (exact) mass is 337 g/mol. The van der Waals surface area contributed by atoms with Crippen LogP contribution < -0.4 is 14.4 Å². The number of carbonyl (C=O) groups is 1. The number of rotatable bonds is 5. The highest BCUT2D eigenvalue weighted by atomic mass is 16.6. The van der Waals surface area contributed by atoms with E-state index in [2.05, 4.69) is 14.9 Å². The number of aromatic nitrogens is 2. The molecule has 1 saturated heterocycles. The van der Waals surface area contributed by atoms with Crippen LogP contribution in [0.3, 0.4) is 0 Å². The lowest BCUT2D eigenvalue weighted by Gasteiger charge is -2.33. The lowest BCUT2D eigenvalue weighted by Crippen LogP contribution is -2.35. The van der Waals surface area contributed by atoms with E-state index < -0.39 is 5.60 Å². The minimum absolute atomic E-state index is 0.119. The van der Waals surface area contributed by atoms with Crippen LogP contribution in [0.4, 0.5) is 5.82 Å². The highest BCUT2D eigenvalue weighted by Gasteiger charge is 2.25. The number of ether oxygens (including phenoxy) is 3. The van der Waals surface area contributed by atoms with Crippen molar-refractivity contribution in [3.63, 3.8) is 0 Å². The number of esters is 1. The van der Waals surface area contributed by atoms with E-state index in [9.17, 15) is 4.79 Å². The van der Waals surface area contributed by atoms with E-state index in [1.807, 2.05) is 20.8 Å². The lowest BCUT2D eigenvalue weighted by atomic mass is 9.93. The molecule has 0 spiro atoms. The van der Waals surface area contributed by atoms with E-state index >= 15 is 0 Å². The van der Waals surface area contributed by atoms with Gasteiger partial charge in [-0.2, -0.15) is 9.97 Å². The third-order valence-electron chi connectivity index (χ3n) is 3.87. The number of hydrogen-bond acceptors (Lipinski definition) is 7. The second-order valence-corrected chi connectivity index (χ2v) is 6.98. The molecule has 1 aromatic rings. The molecule has 0 atom stereocenters. The molecule has 0 aliphatic carbocycles. The van der Waals surface area contributed by atoms with Gasteiger partial charge >= 0.3 is 12.0 Å². The van der Waals surface area contributed by atoms with E-state index in [1.54, 1.807) is 13.2 Å². The van der Waals surface area contributed by atoms with Crippen molar-refractivity contribution >= 4 is 11.8 Å². The zero-order valence-corrected chi connectivity index (χ0v) is 15.2. The number of piperidine rings is 1. The quantitative estimate of drug-likeness (QED) is 0.764. The summed E-state index contributed by atoms with van der Waals surface area (Å²) in [4.78, 5) is 22.6. The van der Waals surface area contributed by atoms with Gasteiger partial charge in [-0.15, -0.1) is 0 Å². The van der Waals surface area contributed by atoms with Gasteiger partial charge in [0.1, 0.15) is 11.4 Å². The second kappa shape index (κ2) is 7.68. The first-order chi connectivity index (χ1) is 11.3. The molecular weight excluding hydrogens is 310 g/mol. The largest absolute Gasteiger partial charge is 0.481 e. The first kappa shape index (κ1) is 18.3. The second-order valence-electron chi connectivity index (χ2n) is 6.98. The van der Waals surface area contributed by atoms with E-state index in [4.69, 9.17) is 14.2 Å². The van der Waals surface area contributed by atoms with Crippen LogP contribution in [0.2, 0.25) is 0 Å². The number of nitrogens with zero attached hydrogens (tertiary/aromatic N) is 3. The first-order valence-corrected chi connectivity index (χ1v) is 8.24. The molecule has 1 aliphatic rings. The van der Waals surface area contributed by atoms with Crippen molar-refractivity contribution in [2.75, 3.05) is 32.2 Å². The van der Waals surface area contributed by atoms with Crippen LogP contribution in [0.25, 0.3) is 0 Å². The molecule has 0 bridgehead atoms. The van der Waals surface area contributed by atoms with Crippen molar-refractivity contribution in [1.29, 1.82) is 0 Å². The third kappa shape index (κ3) is 5.25. The maximum atomic E-state index is 12.0. The Bertz CT molecular complexity index is 541. The number of hydrogen-bond donors (Lipinski definition) is 0. The van der Waals surface area contributed by atoms with Crippen LogP contribution in [0.5, 0.6) is 11.9 Å². The zero-order chi connectivity index (χ0) is 17.7. The molecule has 7 heteroatoms. The summed E-state index contributed by atoms with van der Waals surface area (Å²) in [5.41, 5.74) is -0.425. The van der Waals surface area contributed by atoms with Gasteiger partial charge in [0.05, 0.1) is 14.2 Å². The van der Waals surface area contributed by atoms with Crippen molar-refractivity contribution in [2.24, 2.45) is 5.92 Å². The van der Waals surface area contributed by atoms with Crippen LogP contribution in [0.1, 0.15) is 40.0 Å². The predicted molar refractivity (Wildman–Crippen MR) is 90.5 cm³/mol. The van der Waals surface area contributed by atoms with Crippen LogP contribution in [0.15, 0.2) is 6.07 Å². The molecule has 0 saturated carbocycles.